The quantitative estimate of drug-likeness (QED) is 0.349. The molecule has 6 aromatic rings. The minimum atomic E-state index is 0.652. The average Bonchev–Trinajstić information content (AvgIpc) is 3.34. The van der Waals surface area contributed by atoms with E-state index in [1.807, 2.05) is 42.5 Å². The van der Waals surface area contributed by atoms with Crippen molar-refractivity contribution in [1.29, 1.82) is 0 Å². The smallest absolute Gasteiger partial charge is 0.227 e. The van der Waals surface area contributed by atoms with Gasteiger partial charge in [0.1, 0.15) is 5.52 Å². The summed E-state index contributed by atoms with van der Waals surface area (Å²) in [6.45, 7) is 0. The highest BCUT2D eigenvalue weighted by Gasteiger charge is 2.18. The molecule has 0 unspecified atom stereocenters. The summed E-state index contributed by atoms with van der Waals surface area (Å²) in [6.07, 6.45) is 0. The Morgan fingerprint density at radius 1 is 0.643 bits per heavy atom. The first kappa shape index (κ1) is 15.2. The lowest BCUT2D eigenvalue weighted by Gasteiger charge is -2.06. The third-order valence-electron chi connectivity index (χ3n) is 5.23. The van der Waals surface area contributed by atoms with E-state index in [1.165, 1.54) is 5.39 Å². The summed E-state index contributed by atoms with van der Waals surface area (Å²) in [5, 5.41) is 2.27. The summed E-state index contributed by atoms with van der Waals surface area (Å²) >= 11 is 0. The summed E-state index contributed by atoms with van der Waals surface area (Å²) in [7, 11) is 0. The van der Waals surface area contributed by atoms with E-state index < -0.39 is 0 Å². The molecule has 3 heteroatoms. The first-order valence-electron chi connectivity index (χ1n) is 9.34. The van der Waals surface area contributed by atoms with Gasteiger partial charge < -0.3 is 8.98 Å². The summed E-state index contributed by atoms with van der Waals surface area (Å²) in [6, 6.07) is 33.1. The van der Waals surface area contributed by atoms with Crippen LogP contribution in [0.2, 0.25) is 0 Å². The molecule has 2 aromatic heterocycles. The van der Waals surface area contributed by atoms with Crippen LogP contribution < -0.4 is 0 Å². The first-order chi connectivity index (χ1) is 13.9. The number of hydrogen-bond acceptors (Lipinski definition) is 2. The predicted octanol–water partition coefficient (Wildman–Crippen LogP) is 6.59. The van der Waals surface area contributed by atoms with Crippen LogP contribution in [0, 0.1) is 0 Å². The molecule has 0 radical (unpaired) electrons. The minimum Gasteiger partial charge on any atom is -0.435 e. The van der Waals surface area contributed by atoms with Gasteiger partial charge in [-0.25, -0.2) is 4.98 Å². The van der Waals surface area contributed by atoms with Gasteiger partial charge in [0.05, 0.1) is 16.4 Å². The van der Waals surface area contributed by atoms with E-state index in [2.05, 4.69) is 59.2 Å². The van der Waals surface area contributed by atoms with Gasteiger partial charge in [-0.3, -0.25) is 0 Å². The van der Waals surface area contributed by atoms with Crippen molar-refractivity contribution in [2.75, 3.05) is 0 Å². The zero-order valence-electron chi connectivity index (χ0n) is 15.0. The molecule has 0 bridgehead atoms. The predicted molar refractivity (Wildman–Crippen MR) is 114 cm³/mol. The molecule has 0 fully saturated rings. The van der Waals surface area contributed by atoms with Gasteiger partial charge >= 0.3 is 0 Å². The highest BCUT2D eigenvalue weighted by molar-refractivity contribution is 6.19. The summed E-state index contributed by atoms with van der Waals surface area (Å²) < 4.78 is 8.59. The second-order valence-corrected chi connectivity index (χ2v) is 6.88. The van der Waals surface area contributed by atoms with Crippen LogP contribution in [0.5, 0.6) is 0 Å². The maximum absolute atomic E-state index is 6.30. The van der Waals surface area contributed by atoms with Crippen LogP contribution in [-0.4, -0.2) is 9.55 Å². The Kier molecular flexibility index (Phi) is 3.17. The van der Waals surface area contributed by atoms with Crippen LogP contribution in [-0.2, 0) is 0 Å². The van der Waals surface area contributed by atoms with Crippen LogP contribution in [0.4, 0.5) is 0 Å². The maximum atomic E-state index is 6.30. The normalized spacial score (nSPS) is 11.6. The molecule has 28 heavy (non-hydrogen) atoms. The van der Waals surface area contributed by atoms with Crippen LogP contribution in [0.25, 0.3) is 50.0 Å². The van der Waals surface area contributed by atoms with E-state index in [-0.39, 0.29) is 0 Å². The number of oxazole rings is 1. The van der Waals surface area contributed by atoms with Crippen molar-refractivity contribution in [3.8, 4) is 17.1 Å². The first-order valence-corrected chi connectivity index (χ1v) is 9.34. The SMILES string of the molecule is c1ccc(-c2nc3ccc4c(c5ccccc5n4-c4ccccc4)c3o2)cc1. The summed E-state index contributed by atoms with van der Waals surface area (Å²) in [4.78, 5) is 4.75. The van der Waals surface area contributed by atoms with Crippen molar-refractivity contribution in [1.82, 2.24) is 9.55 Å². The van der Waals surface area contributed by atoms with Crippen molar-refractivity contribution < 1.29 is 4.42 Å². The molecule has 0 aliphatic rings. The van der Waals surface area contributed by atoms with E-state index >= 15 is 0 Å². The minimum absolute atomic E-state index is 0.652. The van der Waals surface area contributed by atoms with Crippen molar-refractivity contribution in [2.24, 2.45) is 0 Å². The molecule has 6 rings (SSSR count). The molecule has 0 saturated carbocycles. The molecule has 132 valence electrons. The zero-order chi connectivity index (χ0) is 18.5. The van der Waals surface area contributed by atoms with E-state index in [0.29, 0.717) is 5.89 Å². The van der Waals surface area contributed by atoms with Crippen molar-refractivity contribution >= 4 is 32.9 Å². The molecule has 3 nitrogen and oxygen atoms in total. The lowest BCUT2D eigenvalue weighted by molar-refractivity contribution is 0.623. The third-order valence-corrected chi connectivity index (χ3v) is 5.23. The number of aromatic nitrogens is 2. The number of para-hydroxylation sites is 2. The number of fused-ring (bicyclic) bond motifs is 5. The van der Waals surface area contributed by atoms with E-state index in [0.717, 1.165) is 38.8 Å². The maximum Gasteiger partial charge on any atom is 0.227 e. The third kappa shape index (κ3) is 2.13. The number of hydrogen-bond donors (Lipinski definition) is 0. The molecular weight excluding hydrogens is 344 g/mol. The van der Waals surface area contributed by atoms with Gasteiger partial charge in [0, 0.05) is 16.6 Å². The fourth-order valence-electron chi connectivity index (χ4n) is 4.00. The highest BCUT2D eigenvalue weighted by Crippen LogP contribution is 2.38. The zero-order valence-corrected chi connectivity index (χ0v) is 15.0. The number of benzene rings is 4. The van der Waals surface area contributed by atoms with Gasteiger partial charge in [0.15, 0.2) is 5.58 Å². The monoisotopic (exact) mass is 360 g/mol. The summed E-state index contributed by atoms with van der Waals surface area (Å²) in [5.41, 5.74) is 6.11. The molecule has 4 aromatic carbocycles. The van der Waals surface area contributed by atoms with Gasteiger partial charge in [-0.05, 0) is 42.5 Å². The molecule has 2 heterocycles. The molecule has 0 amide bonds. The fourth-order valence-corrected chi connectivity index (χ4v) is 4.00. The Morgan fingerprint density at radius 2 is 1.36 bits per heavy atom. The molecule has 0 aliphatic heterocycles. The second-order valence-electron chi connectivity index (χ2n) is 6.88. The highest BCUT2D eigenvalue weighted by atomic mass is 16.3. The van der Waals surface area contributed by atoms with Gasteiger partial charge in [0.25, 0.3) is 0 Å². The molecule has 0 saturated heterocycles. The lowest BCUT2D eigenvalue weighted by atomic mass is 10.1. The van der Waals surface area contributed by atoms with Crippen LogP contribution in [0.15, 0.2) is 101 Å². The topological polar surface area (TPSA) is 31.0 Å². The standard InChI is InChI=1S/C25H16N2O/c1-3-9-17(10-4-1)25-26-20-15-16-22-23(24(20)28-25)19-13-7-8-14-21(19)27(22)18-11-5-2-6-12-18/h1-16H. The van der Waals surface area contributed by atoms with Gasteiger partial charge in [0.2, 0.25) is 5.89 Å². The molecule has 0 atom stereocenters. The Hall–Kier alpha value is -3.85. The van der Waals surface area contributed by atoms with Crippen molar-refractivity contribution in [3.63, 3.8) is 0 Å². The molecule has 0 N–H and O–H groups in total. The van der Waals surface area contributed by atoms with Gasteiger partial charge in [-0.15, -0.1) is 0 Å². The number of nitrogens with zero attached hydrogens (tertiary/aromatic N) is 2. The Balaban J connectivity index is 1.75. The van der Waals surface area contributed by atoms with Gasteiger partial charge in [-0.2, -0.15) is 0 Å². The van der Waals surface area contributed by atoms with Crippen LogP contribution >= 0.6 is 0 Å². The van der Waals surface area contributed by atoms with Crippen molar-refractivity contribution in [2.45, 2.75) is 0 Å². The molecule has 0 spiro atoms. The Morgan fingerprint density at radius 3 is 2.18 bits per heavy atom. The largest absolute Gasteiger partial charge is 0.435 e. The molecule has 0 aliphatic carbocycles. The summed E-state index contributed by atoms with van der Waals surface area (Å²) in [5.74, 6) is 0.652. The molecular formula is C25H16N2O. The van der Waals surface area contributed by atoms with E-state index in [4.69, 9.17) is 9.40 Å². The van der Waals surface area contributed by atoms with E-state index in [1.54, 1.807) is 0 Å². The van der Waals surface area contributed by atoms with Gasteiger partial charge in [-0.1, -0.05) is 54.6 Å². The Labute approximate surface area is 161 Å². The second kappa shape index (κ2) is 5.83. The van der Waals surface area contributed by atoms with Crippen LogP contribution in [0.1, 0.15) is 0 Å². The fraction of sp³-hybridized carbons (Fsp3) is 0. The van der Waals surface area contributed by atoms with Crippen LogP contribution in [0.3, 0.4) is 0 Å². The van der Waals surface area contributed by atoms with E-state index in [9.17, 15) is 0 Å². The number of rotatable bonds is 2. The lowest BCUT2D eigenvalue weighted by Crippen LogP contribution is -1.92. The average molecular weight is 360 g/mol. The Bertz CT molecular complexity index is 1440. The van der Waals surface area contributed by atoms with Crippen molar-refractivity contribution in [3.05, 3.63) is 97.1 Å².